The fraction of sp³-hybridized carbons (Fsp3) is 0.200. The van der Waals surface area contributed by atoms with Gasteiger partial charge in [-0.2, -0.15) is 0 Å². The molecule has 7 nitrogen and oxygen atoms in total. The molecule has 7 heteroatoms. The Morgan fingerprint density at radius 2 is 1.41 bits per heavy atom. The number of carbonyl (C=O) groups excluding carboxylic acids is 1. The third-order valence-corrected chi connectivity index (χ3v) is 5.39. The minimum absolute atomic E-state index is 0.0565. The summed E-state index contributed by atoms with van der Waals surface area (Å²) in [6.07, 6.45) is 0. The molecule has 164 valence electrons. The van der Waals surface area contributed by atoms with E-state index >= 15 is 0 Å². The lowest BCUT2D eigenvalue weighted by Gasteiger charge is -2.37. The standard InChI is InChI=1S/C25H25N3O4/c29-24(18-32-21-9-5-2-6-10-21)26-23-12-11-20(17-22(23)25(30)31)28-15-13-27(14-16-28)19-7-3-1-4-8-19/h1-12,17H,13-16,18H2,(H,26,29)(H,30,31). The number of nitrogens with zero attached hydrogens (tertiary/aromatic N) is 2. The average Bonchev–Trinajstić information content (AvgIpc) is 2.84. The number of carboxylic acids is 1. The van der Waals surface area contributed by atoms with E-state index in [1.807, 2.05) is 42.5 Å². The highest BCUT2D eigenvalue weighted by molar-refractivity contribution is 6.01. The largest absolute Gasteiger partial charge is 0.484 e. The fourth-order valence-electron chi connectivity index (χ4n) is 3.73. The van der Waals surface area contributed by atoms with E-state index in [1.54, 1.807) is 24.3 Å². The Hall–Kier alpha value is -4.00. The van der Waals surface area contributed by atoms with Gasteiger partial charge in [-0.25, -0.2) is 4.79 Å². The lowest BCUT2D eigenvalue weighted by atomic mass is 10.1. The topological polar surface area (TPSA) is 82.1 Å². The second-order valence-corrected chi connectivity index (χ2v) is 7.49. The first-order valence-electron chi connectivity index (χ1n) is 10.5. The number of hydrogen-bond donors (Lipinski definition) is 2. The SMILES string of the molecule is O=C(COc1ccccc1)Nc1ccc(N2CCN(c3ccccc3)CC2)cc1C(=O)O. The first kappa shape index (κ1) is 21.2. The summed E-state index contributed by atoms with van der Waals surface area (Å²) < 4.78 is 5.43. The molecule has 1 fully saturated rings. The molecule has 32 heavy (non-hydrogen) atoms. The molecule has 3 aromatic rings. The molecule has 0 unspecified atom stereocenters. The second kappa shape index (κ2) is 9.87. The van der Waals surface area contributed by atoms with Gasteiger partial charge < -0.3 is 25.0 Å². The summed E-state index contributed by atoms with van der Waals surface area (Å²) in [5.41, 5.74) is 2.33. The van der Waals surface area contributed by atoms with Crippen LogP contribution in [0.25, 0.3) is 0 Å². The molecule has 4 rings (SSSR count). The summed E-state index contributed by atoms with van der Waals surface area (Å²) >= 11 is 0. The summed E-state index contributed by atoms with van der Waals surface area (Å²) in [5.74, 6) is -0.930. The van der Waals surface area contributed by atoms with Gasteiger partial charge in [0, 0.05) is 37.6 Å². The highest BCUT2D eigenvalue weighted by Crippen LogP contribution is 2.26. The molecule has 3 aromatic carbocycles. The van der Waals surface area contributed by atoms with Crippen LogP contribution in [-0.4, -0.2) is 49.8 Å². The molecule has 1 aliphatic heterocycles. The van der Waals surface area contributed by atoms with Crippen LogP contribution in [0.1, 0.15) is 10.4 Å². The number of aromatic carboxylic acids is 1. The molecule has 0 aliphatic carbocycles. The van der Waals surface area contributed by atoms with Crippen LogP contribution in [0, 0.1) is 0 Å². The molecule has 1 saturated heterocycles. The molecule has 1 aliphatic rings. The van der Waals surface area contributed by atoms with Crippen molar-refractivity contribution in [2.45, 2.75) is 0 Å². The van der Waals surface area contributed by atoms with E-state index in [0.717, 1.165) is 31.9 Å². The maximum atomic E-state index is 12.3. The molecule has 0 aromatic heterocycles. The third kappa shape index (κ3) is 5.18. The van der Waals surface area contributed by atoms with E-state index in [0.29, 0.717) is 5.75 Å². The highest BCUT2D eigenvalue weighted by atomic mass is 16.5. The van der Waals surface area contributed by atoms with Crippen LogP contribution in [0.4, 0.5) is 17.1 Å². The summed E-state index contributed by atoms with van der Waals surface area (Å²) in [5, 5.41) is 12.3. The van der Waals surface area contributed by atoms with Crippen molar-refractivity contribution in [2.75, 3.05) is 47.9 Å². The van der Waals surface area contributed by atoms with Gasteiger partial charge >= 0.3 is 5.97 Å². The van der Waals surface area contributed by atoms with Crippen LogP contribution in [0.3, 0.4) is 0 Å². The molecule has 0 radical (unpaired) electrons. The predicted molar refractivity (Wildman–Crippen MR) is 125 cm³/mol. The van der Waals surface area contributed by atoms with E-state index in [9.17, 15) is 14.7 Å². The number of carbonyl (C=O) groups is 2. The predicted octanol–water partition coefficient (Wildman–Crippen LogP) is 3.73. The van der Waals surface area contributed by atoms with Crippen LogP contribution in [0.15, 0.2) is 78.9 Å². The summed E-state index contributed by atoms with van der Waals surface area (Å²) in [4.78, 5) is 28.6. The van der Waals surface area contributed by atoms with Crippen molar-refractivity contribution in [1.29, 1.82) is 0 Å². The number of rotatable bonds is 7. The van der Waals surface area contributed by atoms with Gasteiger partial charge in [0.05, 0.1) is 11.3 Å². The smallest absolute Gasteiger partial charge is 0.337 e. The van der Waals surface area contributed by atoms with Crippen molar-refractivity contribution in [3.05, 3.63) is 84.4 Å². The molecule has 0 bridgehead atoms. The first-order valence-corrected chi connectivity index (χ1v) is 10.5. The second-order valence-electron chi connectivity index (χ2n) is 7.49. The molecule has 0 saturated carbocycles. The number of benzene rings is 3. The molecule has 1 amide bonds. The van der Waals surface area contributed by atoms with Gasteiger partial charge in [0.25, 0.3) is 5.91 Å². The first-order chi connectivity index (χ1) is 15.6. The molecule has 1 heterocycles. The van der Waals surface area contributed by atoms with Crippen molar-refractivity contribution in [3.63, 3.8) is 0 Å². The molecular weight excluding hydrogens is 406 g/mol. The highest BCUT2D eigenvalue weighted by Gasteiger charge is 2.20. The number of nitrogens with one attached hydrogen (secondary N) is 1. The van der Waals surface area contributed by atoms with E-state index in [4.69, 9.17) is 4.74 Å². The van der Waals surface area contributed by atoms with Crippen LogP contribution in [0.5, 0.6) is 5.75 Å². The molecular formula is C25H25N3O4. The van der Waals surface area contributed by atoms with E-state index in [-0.39, 0.29) is 17.9 Å². The van der Waals surface area contributed by atoms with Crippen molar-refractivity contribution < 1.29 is 19.4 Å². The van der Waals surface area contributed by atoms with E-state index in [1.165, 1.54) is 5.69 Å². The lowest BCUT2D eigenvalue weighted by molar-refractivity contribution is -0.118. The van der Waals surface area contributed by atoms with Gasteiger partial charge in [0.2, 0.25) is 0 Å². The number of ether oxygens (including phenoxy) is 1. The van der Waals surface area contributed by atoms with Gasteiger partial charge in [-0.3, -0.25) is 4.79 Å². The number of amides is 1. The Bertz CT molecular complexity index is 1070. The number of anilines is 3. The Balaban J connectivity index is 1.39. The molecule has 0 atom stereocenters. The zero-order chi connectivity index (χ0) is 22.3. The minimum Gasteiger partial charge on any atom is -0.484 e. The monoisotopic (exact) mass is 431 g/mol. The van der Waals surface area contributed by atoms with Gasteiger partial charge in [-0.15, -0.1) is 0 Å². The third-order valence-electron chi connectivity index (χ3n) is 5.39. The summed E-state index contributed by atoms with van der Waals surface area (Å²) in [6, 6.07) is 24.3. The number of carboxylic acid groups (broad SMARTS) is 1. The average molecular weight is 431 g/mol. The normalized spacial score (nSPS) is 13.5. The minimum atomic E-state index is -1.09. The number of hydrogen-bond acceptors (Lipinski definition) is 5. The number of para-hydroxylation sites is 2. The van der Waals surface area contributed by atoms with Gasteiger partial charge in [-0.1, -0.05) is 36.4 Å². The van der Waals surface area contributed by atoms with Crippen LogP contribution in [-0.2, 0) is 4.79 Å². The fourth-order valence-corrected chi connectivity index (χ4v) is 3.73. The zero-order valence-electron chi connectivity index (χ0n) is 17.6. The van der Waals surface area contributed by atoms with Crippen LogP contribution in [0.2, 0.25) is 0 Å². The van der Waals surface area contributed by atoms with Gasteiger partial charge in [0.1, 0.15) is 5.75 Å². The molecule has 2 N–H and O–H groups in total. The van der Waals surface area contributed by atoms with Crippen molar-refractivity contribution in [1.82, 2.24) is 0 Å². The van der Waals surface area contributed by atoms with Crippen LogP contribution >= 0.6 is 0 Å². The maximum absolute atomic E-state index is 12.3. The van der Waals surface area contributed by atoms with Gasteiger partial charge in [-0.05, 0) is 42.5 Å². The Morgan fingerprint density at radius 3 is 2.03 bits per heavy atom. The van der Waals surface area contributed by atoms with Crippen molar-refractivity contribution >= 4 is 28.9 Å². The number of piperazine rings is 1. The lowest BCUT2D eigenvalue weighted by Crippen LogP contribution is -2.46. The Kier molecular flexibility index (Phi) is 6.55. The zero-order valence-corrected chi connectivity index (χ0v) is 17.6. The summed E-state index contributed by atoms with van der Waals surface area (Å²) in [6.45, 7) is 3.06. The van der Waals surface area contributed by atoms with Crippen LogP contribution < -0.4 is 19.9 Å². The van der Waals surface area contributed by atoms with Crippen molar-refractivity contribution in [3.8, 4) is 5.75 Å². The van der Waals surface area contributed by atoms with E-state index < -0.39 is 11.9 Å². The van der Waals surface area contributed by atoms with E-state index in [2.05, 4.69) is 27.2 Å². The molecule has 0 spiro atoms. The Morgan fingerprint density at radius 1 is 0.812 bits per heavy atom. The Labute approximate surface area is 186 Å². The quantitative estimate of drug-likeness (QED) is 0.593. The van der Waals surface area contributed by atoms with Gasteiger partial charge in [0.15, 0.2) is 6.61 Å². The maximum Gasteiger partial charge on any atom is 0.337 e. The van der Waals surface area contributed by atoms with Crippen molar-refractivity contribution in [2.24, 2.45) is 0 Å². The summed E-state index contributed by atoms with van der Waals surface area (Å²) in [7, 11) is 0.